The van der Waals surface area contributed by atoms with Gasteiger partial charge in [0, 0.05) is 5.56 Å². The van der Waals surface area contributed by atoms with Gasteiger partial charge in [-0.1, -0.05) is 18.2 Å². The molecule has 1 aromatic carbocycles. The van der Waals surface area contributed by atoms with Crippen LogP contribution in [0.5, 0.6) is 0 Å². The third-order valence-corrected chi connectivity index (χ3v) is 5.19. The van der Waals surface area contributed by atoms with Gasteiger partial charge in [0.2, 0.25) is 0 Å². The third-order valence-electron chi connectivity index (χ3n) is 5.19. The van der Waals surface area contributed by atoms with Crippen LogP contribution >= 0.6 is 0 Å². The van der Waals surface area contributed by atoms with Gasteiger partial charge in [-0.25, -0.2) is 9.59 Å². The minimum atomic E-state index is -1.62. The lowest BCUT2D eigenvalue weighted by Gasteiger charge is -2.39. The molecule has 7 nitrogen and oxygen atoms in total. The lowest BCUT2D eigenvalue weighted by Crippen LogP contribution is -2.66. The number of nitrogens with one attached hydrogen (secondary N) is 1. The van der Waals surface area contributed by atoms with E-state index in [1.54, 1.807) is 37.3 Å². The van der Waals surface area contributed by atoms with Gasteiger partial charge in [-0.05, 0) is 50.2 Å². The van der Waals surface area contributed by atoms with E-state index < -0.39 is 29.7 Å². The maximum atomic E-state index is 12.6. The fourth-order valence-electron chi connectivity index (χ4n) is 4.13. The summed E-state index contributed by atoms with van der Waals surface area (Å²) in [5.74, 6) is -2.05. The highest BCUT2D eigenvalue weighted by Crippen LogP contribution is 2.52. The van der Waals surface area contributed by atoms with Crippen molar-refractivity contribution >= 4 is 18.0 Å². The van der Waals surface area contributed by atoms with Crippen molar-refractivity contribution in [2.45, 2.75) is 37.8 Å². The first kappa shape index (κ1) is 17.3. The molecule has 0 radical (unpaired) electrons. The largest absolute Gasteiger partial charge is 0.508 e. The van der Waals surface area contributed by atoms with Crippen LogP contribution in [-0.2, 0) is 14.3 Å². The van der Waals surface area contributed by atoms with Gasteiger partial charge in [-0.15, -0.1) is 0 Å². The van der Waals surface area contributed by atoms with Crippen molar-refractivity contribution in [3.8, 4) is 0 Å². The fraction of sp³-hybridized carbons (Fsp3) is 0.500. The molecule has 0 spiro atoms. The molecule has 0 heterocycles. The van der Waals surface area contributed by atoms with Gasteiger partial charge in [0.05, 0.1) is 6.61 Å². The molecule has 2 fully saturated rings. The summed E-state index contributed by atoms with van der Waals surface area (Å²) in [7, 11) is 0. The Morgan fingerprint density at radius 3 is 2.60 bits per heavy atom. The Labute approximate surface area is 145 Å². The monoisotopic (exact) mass is 347 g/mol. The molecule has 134 valence electrons. The van der Waals surface area contributed by atoms with Gasteiger partial charge in [0.1, 0.15) is 6.10 Å². The second kappa shape index (κ2) is 6.74. The molecule has 7 heteroatoms. The number of aliphatic carboxylic acids is 1. The van der Waals surface area contributed by atoms with Crippen LogP contribution in [0.3, 0.4) is 0 Å². The molecular weight excluding hydrogens is 326 g/mol. The molecule has 0 aromatic heterocycles. The molecule has 1 aromatic rings. The summed E-state index contributed by atoms with van der Waals surface area (Å²) in [5.41, 5.74) is -1.26. The first-order valence-corrected chi connectivity index (χ1v) is 8.43. The number of rotatable bonds is 5. The molecule has 3 rings (SSSR count). The third kappa shape index (κ3) is 2.94. The van der Waals surface area contributed by atoms with Crippen molar-refractivity contribution < 1.29 is 29.0 Å². The molecule has 1 amide bonds. The van der Waals surface area contributed by atoms with Crippen molar-refractivity contribution in [3.05, 3.63) is 35.9 Å². The van der Waals surface area contributed by atoms with Crippen LogP contribution in [0.2, 0.25) is 0 Å². The number of ether oxygens (including phenoxy) is 2. The van der Waals surface area contributed by atoms with Gasteiger partial charge in [-0.2, -0.15) is 0 Å². The summed E-state index contributed by atoms with van der Waals surface area (Å²) in [6, 6.07) is 8.40. The Kier molecular flexibility index (Phi) is 4.65. The summed E-state index contributed by atoms with van der Waals surface area (Å²) < 4.78 is 10.2. The first-order valence-electron chi connectivity index (χ1n) is 8.43. The standard InChI is InChI=1S/C18H21NO6/c1-2-24-17(23)25-14-12-8-9-13(10-12)18(14,16(21)22)19-15(20)11-6-4-3-5-7-11/h3-7,12-14H,2,8-10H2,1H3,(H,19,20)(H,21,22)/t12-,13+,14+,18-/m1/s1. The normalized spacial score (nSPS) is 29.9. The first-order chi connectivity index (χ1) is 12.0. The minimum Gasteiger partial charge on any atom is -0.479 e. The molecule has 4 atom stereocenters. The van der Waals surface area contributed by atoms with Crippen molar-refractivity contribution in [2.75, 3.05) is 6.61 Å². The number of carbonyl (C=O) groups excluding carboxylic acids is 2. The molecule has 25 heavy (non-hydrogen) atoms. The average molecular weight is 347 g/mol. The second-order valence-corrected chi connectivity index (χ2v) is 6.49. The number of hydrogen-bond acceptors (Lipinski definition) is 5. The average Bonchev–Trinajstić information content (AvgIpc) is 3.18. The molecule has 0 aliphatic heterocycles. The Balaban J connectivity index is 1.89. The van der Waals surface area contributed by atoms with Crippen molar-refractivity contribution in [1.82, 2.24) is 5.32 Å². The molecule has 0 unspecified atom stereocenters. The number of amides is 1. The van der Waals surface area contributed by atoms with Gasteiger partial charge >= 0.3 is 12.1 Å². The van der Waals surface area contributed by atoms with E-state index >= 15 is 0 Å². The van der Waals surface area contributed by atoms with Gasteiger partial charge < -0.3 is 19.9 Å². The summed E-state index contributed by atoms with van der Waals surface area (Å²) in [6.45, 7) is 1.78. The number of benzene rings is 1. The Hall–Kier alpha value is -2.57. The minimum absolute atomic E-state index is 0.0958. The highest BCUT2D eigenvalue weighted by atomic mass is 16.7. The molecule has 2 N–H and O–H groups in total. The fourth-order valence-corrected chi connectivity index (χ4v) is 4.13. The van der Waals surface area contributed by atoms with E-state index in [4.69, 9.17) is 9.47 Å². The lowest BCUT2D eigenvalue weighted by molar-refractivity contribution is -0.154. The second-order valence-electron chi connectivity index (χ2n) is 6.49. The maximum Gasteiger partial charge on any atom is 0.508 e. The van der Waals surface area contributed by atoms with E-state index in [0.29, 0.717) is 18.4 Å². The Bertz CT molecular complexity index is 675. The Morgan fingerprint density at radius 2 is 1.96 bits per heavy atom. The van der Waals surface area contributed by atoms with Crippen LogP contribution in [0.15, 0.2) is 30.3 Å². The molecule has 2 saturated carbocycles. The number of carbonyl (C=O) groups is 3. The highest BCUT2D eigenvalue weighted by molar-refractivity contribution is 5.98. The smallest absolute Gasteiger partial charge is 0.479 e. The van der Waals surface area contributed by atoms with Crippen LogP contribution in [0.4, 0.5) is 4.79 Å². The highest BCUT2D eigenvalue weighted by Gasteiger charge is 2.66. The van der Waals surface area contributed by atoms with Crippen molar-refractivity contribution in [1.29, 1.82) is 0 Å². The predicted molar refractivity (Wildman–Crippen MR) is 87.0 cm³/mol. The van der Waals surface area contributed by atoms with E-state index in [1.165, 1.54) is 0 Å². The van der Waals surface area contributed by atoms with E-state index in [2.05, 4.69) is 5.32 Å². The van der Waals surface area contributed by atoms with Crippen LogP contribution in [-0.4, -0.2) is 41.4 Å². The van der Waals surface area contributed by atoms with E-state index in [9.17, 15) is 19.5 Å². The number of fused-ring (bicyclic) bond motifs is 2. The van der Waals surface area contributed by atoms with E-state index in [1.807, 2.05) is 0 Å². The van der Waals surface area contributed by atoms with Crippen LogP contribution in [0, 0.1) is 11.8 Å². The van der Waals surface area contributed by atoms with Gasteiger partial charge in [-0.3, -0.25) is 4.79 Å². The molecule has 2 bridgehead atoms. The zero-order chi connectivity index (χ0) is 18.0. The SMILES string of the molecule is CCOC(=O)O[C@H]1[C@@H]2CC[C@@H](C2)[C@]1(NC(=O)c1ccccc1)C(=O)O. The van der Waals surface area contributed by atoms with E-state index in [-0.39, 0.29) is 18.4 Å². The zero-order valence-corrected chi connectivity index (χ0v) is 13.9. The van der Waals surface area contributed by atoms with Crippen LogP contribution in [0.1, 0.15) is 36.5 Å². The number of hydrogen-bond donors (Lipinski definition) is 2. The quantitative estimate of drug-likeness (QED) is 0.792. The summed E-state index contributed by atoms with van der Waals surface area (Å²) in [4.78, 5) is 36.6. The molecular formula is C18H21NO6. The zero-order valence-electron chi connectivity index (χ0n) is 13.9. The molecule has 2 aliphatic rings. The van der Waals surface area contributed by atoms with E-state index in [0.717, 1.165) is 6.42 Å². The summed E-state index contributed by atoms with van der Waals surface area (Å²) in [5, 5.41) is 12.6. The summed E-state index contributed by atoms with van der Waals surface area (Å²) >= 11 is 0. The van der Waals surface area contributed by atoms with Gasteiger partial charge in [0.15, 0.2) is 5.54 Å². The number of carboxylic acids is 1. The Morgan fingerprint density at radius 1 is 1.24 bits per heavy atom. The molecule has 2 aliphatic carbocycles. The van der Waals surface area contributed by atoms with Crippen molar-refractivity contribution in [2.24, 2.45) is 11.8 Å². The van der Waals surface area contributed by atoms with Crippen LogP contribution in [0.25, 0.3) is 0 Å². The topological polar surface area (TPSA) is 102 Å². The van der Waals surface area contributed by atoms with Crippen LogP contribution < -0.4 is 5.32 Å². The van der Waals surface area contributed by atoms with Crippen molar-refractivity contribution in [3.63, 3.8) is 0 Å². The number of carboxylic acid groups (broad SMARTS) is 1. The van der Waals surface area contributed by atoms with Gasteiger partial charge in [0.25, 0.3) is 5.91 Å². The summed E-state index contributed by atoms with van der Waals surface area (Å²) in [6.07, 6.45) is 0.209. The molecule has 0 saturated heterocycles. The lowest BCUT2D eigenvalue weighted by atomic mass is 9.78. The predicted octanol–water partition coefficient (Wildman–Crippen LogP) is 2.21. The maximum absolute atomic E-state index is 12.6.